The summed E-state index contributed by atoms with van der Waals surface area (Å²) in [5, 5.41) is 0. The molecule has 0 fully saturated rings. The van der Waals surface area contributed by atoms with Gasteiger partial charge in [-0.05, 0) is 29.3 Å². The topological polar surface area (TPSA) is 76.7 Å². The second-order valence-electron chi connectivity index (χ2n) is 6.27. The van der Waals surface area contributed by atoms with E-state index >= 15 is 0 Å². The molecule has 6 heteroatoms. The molecule has 2 amide bonds. The van der Waals surface area contributed by atoms with E-state index in [1.807, 2.05) is 60.7 Å². The van der Waals surface area contributed by atoms with Crippen LogP contribution in [-0.4, -0.2) is 26.0 Å². The molecule has 0 aromatic heterocycles. The van der Waals surface area contributed by atoms with E-state index in [4.69, 9.17) is 9.47 Å². The van der Waals surface area contributed by atoms with Gasteiger partial charge >= 0.3 is 0 Å². The number of amides is 2. The molecule has 0 bridgehead atoms. The second-order valence-corrected chi connectivity index (χ2v) is 6.27. The Balaban J connectivity index is 1.76. The van der Waals surface area contributed by atoms with E-state index in [2.05, 4.69) is 10.9 Å². The van der Waals surface area contributed by atoms with Gasteiger partial charge in [0.2, 0.25) is 5.91 Å². The highest BCUT2D eigenvalue weighted by Crippen LogP contribution is 2.27. The van der Waals surface area contributed by atoms with Gasteiger partial charge in [0.15, 0.2) is 11.5 Å². The van der Waals surface area contributed by atoms with Gasteiger partial charge in [0.05, 0.1) is 20.1 Å². The summed E-state index contributed by atoms with van der Waals surface area (Å²) < 4.78 is 10.4. The van der Waals surface area contributed by atoms with Crippen molar-refractivity contribution in [3.05, 3.63) is 95.6 Å². The minimum absolute atomic E-state index is 0.332. The van der Waals surface area contributed by atoms with Crippen molar-refractivity contribution >= 4 is 11.8 Å². The Morgan fingerprint density at radius 1 is 0.724 bits per heavy atom. The number of hydrogen-bond donors (Lipinski definition) is 2. The predicted octanol–water partition coefficient (Wildman–Crippen LogP) is 3.30. The predicted molar refractivity (Wildman–Crippen MR) is 110 cm³/mol. The lowest BCUT2D eigenvalue weighted by atomic mass is 9.91. The highest BCUT2D eigenvalue weighted by Gasteiger charge is 2.23. The number of carbonyl (C=O) groups is 2. The maximum absolute atomic E-state index is 12.9. The molecule has 29 heavy (non-hydrogen) atoms. The van der Waals surface area contributed by atoms with Gasteiger partial charge < -0.3 is 9.47 Å². The number of carbonyl (C=O) groups excluding carboxylic acids is 2. The van der Waals surface area contributed by atoms with Gasteiger partial charge in [-0.3, -0.25) is 20.4 Å². The van der Waals surface area contributed by atoms with Gasteiger partial charge in [0.1, 0.15) is 0 Å². The van der Waals surface area contributed by atoms with Crippen LogP contribution in [0.4, 0.5) is 0 Å². The van der Waals surface area contributed by atoms with Crippen LogP contribution < -0.4 is 20.3 Å². The van der Waals surface area contributed by atoms with Crippen LogP contribution in [-0.2, 0) is 4.79 Å². The molecule has 0 aliphatic carbocycles. The van der Waals surface area contributed by atoms with Crippen LogP contribution in [0.3, 0.4) is 0 Å². The Morgan fingerprint density at radius 2 is 1.28 bits per heavy atom. The third-order valence-electron chi connectivity index (χ3n) is 4.47. The Bertz CT molecular complexity index is 935. The summed E-state index contributed by atoms with van der Waals surface area (Å²) in [6, 6.07) is 23.6. The average molecular weight is 390 g/mol. The van der Waals surface area contributed by atoms with Crippen molar-refractivity contribution in [1.82, 2.24) is 10.9 Å². The lowest BCUT2D eigenvalue weighted by molar-refractivity contribution is -0.122. The second kappa shape index (κ2) is 9.41. The summed E-state index contributed by atoms with van der Waals surface area (Å²) in [5.74, 6) is -0.405. The van der Waals surface area contributed by atoms with Gasteiger partial charge in [-0.15, -0.1) is 0 Å². The fraction of sp³-hybridized carbons (Fsp3) is 0.130. The fourth-order valence-corrected chi connectivity index (χ4v) is 3.03. The maximum atomic E-state index is 12.9. The number of nitrogens with one attached hydrogen (secondary N) is 2. The van der Waals surface area contributed by atoms with Crippen LogP contribution in [0.25, 0.3) is 0 Å². The molecule has 3 rings (SSSR count). The lowest BCUT2D eigenvalue weighted by Gasteiger charge is -2.18. The summed E-state index contributed by atoms with van der Waals surface area (Å²) in [6.07, 6.45) is 0. The molecule has 0 aliphatic heterocycles. The summed E-state index contributed by atoms with van der Waals surface area (Å²) in [5.41, 5.74) is 7.00. The summed E-state index contributed by atoms with van der Waals surface area (Å²) in [7, 11) is 3.01. The molecule has 0 heterocycles. The first-order valence-corrected chi connectivity index (χ1v) is 9.06. The van der Waals surface area contributed by atoms with Crippen LogP contribution in [0, 0.1) is 0 Å². The first kappa shape index (κ1) is 19.9. The van der Waals surface area contributed by atoms with Crippen molar-refractivity contribution in [1.29, 1.82) is 0 Å². The third-order valence-corrected chi connectivity index (χ3v) is 4.47. The number of ether oxygens (including phenoxy) is 2. The molecular weight excluding hydrogens is 368 g/mol. The van der Waals surface area contributed by atoms with E-state index in [1.54, 1.807) is 18.2 Å². The van der Waals surface area contributed by atoms with Crippen molar-refractivity contribution in [3.8, 4) is 11.5 Å². The molecule has 0 spiro atoms. The average Bonchev–Trinajstić information content (AvgIpc) is 2.78. The Kier molecular flexibility index (Phi) is 6.47. The number of hydrazine groups is 1. The van der Waals surface area contributed by atoms with Crippen molar-refractivity contribution in [2.45, 2.75) is 5.92 Å². The molecule has 0 atom stereocenters. The monoisotopic (exact) mass is 390 g/mol. The molecule has 6 nitrogen and oxygen atoms in total. The highest BCUT2D eigenvalue weighted by molar-refractivity contribution is 5.97. The molecule has 0 saturated carbocycles. The quantitative estimate of drug-likeness (QED) is 0.633. The lowest BCUT2D eigenvalue weighted by Crippen LogP contribution is -2.44. The Labute approximate surface area is 169 Å². The maximum Gasteiger partial charge on any atom is 0.269 e. The van der Waals surface area contributed by atoms with Crippen LogP contribution in [0.2, 0.25) is 0 Å². The SMILES string of the molecule is COc1ccc(C(=O)NNC(=O)C(c2ccccc2)c2ccccc2)cc1OC. The Hall–Kier alpha value is -3.80. The first-order chi connectivity index (χ1) is 14.1. The van der Waals surface area contributed by atoms with Crippen molar-refractivity contribution < 1.29 is 19.1 Å². The molecule has 0 aliphatic rings. The van der Waals surface area contributed by atoms with Crippen molar-refractivity contribution in [2.75, 3.05) is 14.2 Å². The molecule has 0 saturated heterocycles. The molecule has 3 aromatic carbocycles. The van der Waals surface area contributed by atoms with Gasteiger partial charge in [0.25, 0.3) is 5.91 Å². The van der Waals surface area contributed by atoms with Crippen LogP contribution >= 0.6 is 0 Å². The van der Waals surface area contributed by atoms with Crippen LogP contribution in [0.5, 0.6) is 11.5 Å². The fourth-order valence-electron chi connectivity index (χ4n) is 3.03. The number of methoxy groups -OCH3 is 2. The first-order valence-electron chi connectivity index (χ1n) is 9.06. The number of rotatable bonds is 6. The zero-order valence-electron chi connectivity index (χ0n) is 16.2. The van der Waals surface area contributed by atoms with E-state index in [0.29, 0.717) is 17.1 Å². The minimum atomic E-state index is -0.553. The molecule has 0 unspecified atom stereocenters. The van der Waals surface area contributed by atoms with Crippen molar-refractivity contribution in [2.24, 2.45) is 0 Å². The van der Waals surface area contributed by atoms with Crippen molar-refractivity contribution in [3.63, 3.8) is 0 Å². The molecule has 0 radical (unpaired) electrons. The standard InChI is InChI=1S/C23H22N2O4/c1-28-19-14-13-18(15-20(19)29-2)22(26)24-25-23(27)21(16-9-5-3-6-10-16)17-11-7-4-8-12-17/h3-15,21H,1-2H3,(H,24,26)(H,25,27). The normalized spacial score (nSPS) is 10.3. The molecule has 3 aromatic rings. The largest absolute Gasteiger partial charge is 0.493 e. The minimum Gasteiger partial charge on any atom is -0.493 e. The Morgan fingerprint density at radius 3 is 1.79 bits per heavy atom. The van der Waals surface area contributed by atoms with Gasteiger partial charge in [-0.2, -0.15) is 0 Å². The zero-order chi connectivity index (χ0) is 20.6. The van der Waals surface area contributed by atoms with E-state index in [9.17, 15) is 9.59 Å². The van der Waals surface area contributed by atoms with Gasteiger partial charge in [-0.25, -0.2) is 0 Å². The van der Waals surface area contributed by atoms with Crippen LogP contribution in [0.15, 0.2) is 78.9 Å². The van der Waals surface area contributed by atoms with E-state index < -0.39 is 11.8 Å². The smallest absolute Gasteiger partial charge is 0.269 e. The summed E-state index contributed by atoms with van der Waals surface area (Å²) in [4.78, 5) is 25.4. The van der Waals surface area contributed by atoms with Crippen LogP contribution in [0.1, 0.15) is 27.4 Å². The molecule has 2 N–H and O–H groups in total. The highest BCUT2D eigenvalue weighted by atomic mass is 16.5. The number of hydrogen-bond acceptors (Lipinski definition) is 4. The molecular formula is C23H22N2O4. The number of benzene rings is 3. The van der Waals surface area contributed by atoms with Gasteiger partial charge in [-0.1, -0.05) is 60.7 Å². The summed E-state index contributed by atoms with van der Waals surface area (Å²) >= 11 is 0. The molecule has 148 valence electrons. The zero-order valence-corrected chi connectivity index (χ0v) is 16.2. The third kappa shape index (κ3) is 4.73. The summed E-state index contributed by atoms with van der Waals surface area (Å²) in [6.45, 7) is 0. The van der Waals surface area contributed by atoms with E-state index in [1.165, 1.54) is 14.2 Å². The van der Waals surface area contributed by atoms with E-state index in [-0.39, 0.29) is 5.91 Å². The van der Waals surface area contributed by atoms with Gasteiger partial charge in [0, 0.05) is 5.56 Å². The van der Waals surface area contributed by atoms with E-state index in [0.717, 1.165) is 11.1 Å².